The predicted octanol–water partition coefficient (Wildman–Crippen LogP) is 2.40. The third-order valence-electron chi connectivity index (χ3n) is 2.98. The van der Waals surface area contributed by atoms with Crippen molar-refractivity contribution >= 4 is 46.8 Å². The summed E-state index contributed by atoms with van der Waals surface area (Å²) in [5.41, 5.74) is 0. The number of thioether (sulfide) groups is 1. The summed E-state index contributed by atoms with van der Waals surface area (Å²) in [6.07, 6.45) is 0. The molecule has 1 amide bonds. The molecule has 21 heavy (non-hydrogen) atoms. The fraction of sp³-hybridized carbons (Fsp3) is 0.385. The third kappa shape index (κ3) is 4.18. The van der Waals surface area contributed by atoms with Crippen LogP contribution in [0.3, 0.4) is 0 Å². The average Bonchev–Trinajstić information content (AvgIpc) is 2.47. The molecule has 1 aromatic carbocycles. The molecule has 0 radical (unpaired) electrons. The number of benzene rings is 1. The summed E-state index contributed by atoms with van der Waals surface area (Å²) < 4.78 is 5.35. The largest absolute Gasteiger partial charge is 0.482 e. The zero-order valence-electron chi connectivity index (χ0n) is 10.9. The summed E-state index contributed by atoms with van der Waals surface area (Å²) in [6, 6.07) is 3.88. The van der Waals surface area contributed by atoms with Crippen LogP contribution in [-0.4, -0.2) is 52.6 Å². The molecular weight excluding hydrogens is 337 g/mol. The van der Waals surface area contributed by atoms with Gasteiger partial charge < -0.3 is 14.7 Å². The molecule has 0 saturated carbocycles. The maximum Gasteiger partial charge on any atom is 0.327 e. The van der Waals surface area contributed by atoms with Crippen LogP contribution in [0, 0.1) is 0 Å². The number of hydrogen-bond donors (Lipinski definition) is 1. The molecule has 1 aliphatic rings. The fourth-order valence-corrected chi connectivity index (χ4v) is 3.29. The number of hydrogen-bond acceptors (Lipinski definition) is 4. The van der Waals surface area contributed by atoms with Crippen molar-refractivity contribution in [1.29, 1.82) is 0 Å². The molecule has 1 heterocycles. The minimum absolute atomic E-state index is 0.269. The van der Waals surface area contributed by atoms with Crippen molar-refractivity contribution in [3.63, 3.8) is 0 Å². The highest BCUT2D eigenvalue weighted by Crippen LogP contribution is 2.27. The number of carbonyl (C=O) groups is 2. The molecule has 2 rings (SSSR count). The smallest absolute Gasteiger partial charge is 0.327 e. The van der Waals surface area contributed by atoms with Crippen LogP contribution in [-0.2, 0) is 9.59 Å². The Hall–Kier alpha value is -1.11. The van der Waals surface area contributed by atoms with E-state index in [1.54, 1.807) is 12.1 Å². The van der Waals surface area contributed by atoms with E-state index in [0.717, 1.165) is 0 Å². The first-order valence-corrected chi connectivity index (χ1v) is 8.08. The molecule has 1 saturated heterocycles. The highest BCUT2D eigenvalue weighted by molar-refractivity contribution is 7.99. The first-order valence-electron chi connectivity index (χ1n) is 6.17. The van der Waals surface area contributed by atoms with Crippen molar-refractivity contribution in [3.8, 4) is 5.75 Å². The van der Waals surface area contributed by atoms with Gasteiger partial charge in [0.2, 0.25) is 0 Å². The minimum Gasteiger partial charge on any atom is -0.482 e. The van der Waals surface area contributed by atoms with Gasteiger partial charge in [0.1, 0.15) is 11.8 Å². The second-order valence-electron chi connectivity index (χ2n) is 4.38. The Morgan fingerprint density at radius 2 is 2.19 bits per heavy atom. The van der Waals surface area contributed by atoms with Crippen LogP contribution in [0.4, 0.5) is 0 Å². The Morgan fingerprint density at radius 3 is 2.90 bits per heavy atom. The molecule has 1 atom stereocenters. The van der Waals surface area contributed by atoms with Gasteiger partial charge in [0.05, 0.1) is 5.02 Å². The van der Waals surface area contributed by atoms with Crippen LogP contribution in [0.25, 0.3) is 0 Å². The number of amides is 1. The second-order valence-corrected chi connectivity index (χ2v) is 6.37. The molecule has 1 unspecified atom stereocenters. The summed E-state index contributed by atoms with van der Waals surface area (Å²) in [5.74, 6) is 0.0257. The highest BCUT2D eigenvalue weighted by Gasteiger charge is 2.32. The molecule has 5 nitrogen and oxygen atoms in total. The lowest BCUT2D eigenvalue weighted by molar-refractivity contribution is -0.150. The van der Waals surface area contributed by atoms with Crippen molar-refractivity contribution < 1.29 is 19.4 Å². The van der Waals surface area contributed by atoms with E-state index in [2.05, 4.69) is 0 Å². The molecular formula is C13H13Cl2NO4S. The van der Waals surface area contributed by atoms with Gasteiger partial charge in [0, 0.05) is 29.1 Å². The molecule has 0 spiro atoms. The molecule has 1 aliphatic heterocycles. The maximum atomic E-state index is 12.1. The summed E-state index contributed by atoms with van der Waals surface area (Å²) in [7, 11) is 0. The monoisotopic (exact) mass is 349 g/mol. The molecule has 1 aromatic rings. The number of carbonyl (C=O) groups excluding carboxylic acids is 1. The normalized spacial score (nSPS) is 18.4. The number of rotatable bonds is 4. The third-order valence-corrected chi connectivity index (χ3v) is 4.55. The average molecular weight is 350 g/mol. The molecule has 1 N–H and O–H groups in total. The topological polar surface area (TPSA) is 66.8 Å². The van der Waals surface area contributed by atoms with Crippen LogP contribution in [0.5, 0.6) is 5.75 Å². The van der Waals surface area contributed by atoms with Gasteiger partial charge in [-0.15, -0.1) is 0 Å². The number of nitrogens with zero attached hydrogens (tertiary/aromatic N) is 1. The van der Waals surface area contributed by atoms with Crippen molar-refractivity contribution in [1.82, 2.24) is 4.90 Å². The van der Waals surface area contributed by atoms with Crippen molar-refractivity contribution in [2.75, 3.05) is 24.7 Å². The van der Waals surface area contributed by atoms with Crippen molar-refractivity contribution in [2.24, 2.45) is 0 Å². The summed E-state index contributed by atoms with van der Waals surface area (Å²) in [5, 5.41) is 9.92. The highest BCUT2D eigenvalue weighted by atomic mass is 35.5. The minimum atomic E-state index is -1.00. The Labute approximate surface area is 136 Å². The number of halogens is 2. The Bertz CT molecular complexity index is 555. The molecule has 114 valence electrons. The van der Waals surface area contributed by atoms with Gasteiger partial charge in [0.15, 0.2) is 6.61 Å². The standard InChI is InChI=1S/C13H13Cl2NO4S/c14-8-1-2-9(15)11(5-8)20-6-12(17)16-3-4-21-7-10(16)13(18)19/h1-2,5,10H,3-4,6-7H2,(H,18,19). The lowest BCUT2D eigenvalue weighted by Gasteiger charge is -2.32. The number of ether oxygens (including phenoxy) is 1. The van der Waals surface area contributed by atoms with E-state index in [1.165, 1.54) is 22.7 Å². The number of carboxylic acid groups (broad SMARTS) is 1. The SMILES string of the molecule is O=C(O)C1CSCCN1C(=O)COc1cc(Cl)ccc1Cl. The second kappa shape index (κ2) is 7.24. The van der Waals surface area contributed by atoms with Crippen LogP contribution >= 0.6 is 35.0 Å². The fourth-order valence-electron chi connectivity index (χ4n) is 1.92. The number of aliphatic carboxylic acids is 1. The van der Waals surface area contributed by atoms with E-state index in [9.17, 15) is 9.59 Å². The first-order chi connectivity index (χ1) is 9.99. The lowest BCUT2D eigenvalue weighted by Crippen LogP contribution is -2.51. The number of carboxylic acids is 1. The first kappa shape index (κ1) is 16.3. The molecule has 8 heteroatoms. The molecule has 0 aliphatic carbocycles. The van der Waals surface area contributed by atoms with E-state index in [-0.39, 0.29) is 12.5 Å². The molecule has 0 aromatic heterocycles. The van der Waals surface area contributed by atoms with Gasteiger partial charge in [-0.1, -0.05) is 23.2 Å². The Kier molecular flexibility index (Phi) is 5.61. The van der Waals surface area contributed by atoms with Gasteiger partial charge in [-0.25, -0.2) is 4.79 Å². The van der Waals surface area contributed by atoms with E-state index in [4.69, 9.17) is 33.0 Å². The quantitative estimate of drug-likeness (QED) is 0.903. The Balaban J connectivity index is 2.00. The van der Waals surface area contributed by atoms with Gasteiger partial charge in [0.25, 0.3) is 5.91 Å². The van der Waals surface area contributed by atoms with Gasteiger partial charge in [-0.05, 0) is 12.1 Å². The zero-order valence-corrected chi connectivity index (χ0v) is 13.2. The van der Waals surface area contributed by atoms with Crippen LogP contribution in [0.2, 0.25) is 10.0 Å². The van der Waals surface area contributed by atoms with Gasteiger partial charge >= 0.3 is 5.97 Å². The Morgan fingerprint density at radius 1 is 1.43 bits per heavy atom. The summed E-state index contributed by atoms with van der Waals surface area (Å²) in [4.78, 5) is 24.6. The van der Waals surface area contributed by atoms with Crippen molar-refractivity contribution in [3.05, 3.63) is 28.2 Å². The van der Waals surface area contributed by atoms with E-state index in [0.29, 0.717) is 33.8 Å². The summed E-state index contributed by atoms with van der Waals surface area (Å²) in [6.45, 7) is 0.127. The van der Waals surface area contributed by atoms with Crippen molar-refractivity contribution in [2.45, 2.75) is 6.04 Å². The predicted molar refractivity (Wildman–Crippen MR) is 82.4 cm³/mol. The maximum absolute atomic E-state index is 12.1. The van der Waals surface area contributed by atoms with Gasteiger partial charge in [-0.3, -0.25) is 4.79 Å². The molecule has 0 bridgehead atoms. The summed E-state index contributed by atoms with van der Waals surface area (Å²) >= 11 is 13.3. The van der Waals surface area contributed by atoms with Crippen LogP contribution < -0.4 is 4.74 Å². The van der Waals surface area contributed by atoms with E-state index >= 15 is 0 Å². The van der Waals surface area contributed by atoms with E-state index < -0.39 is 12.0 Å². The van der Waals surface area contributed by atoms with Crippen LogP contribution in [0.15, 0.2) is 18.2 Å². The van der Waals surface area contributed by atoms with Gasteiger partial charge in [-0.2, -0.15) is 11.8 Å². The zero-order chi connectivity index (χ0) is 15.4. The van der Waals surface area contributed by atoms with E-state index in [1.807, 2.05) is 0 Å². The molecule has 1 fully saturated rings. The lowest BCUT2D eigenvalue weighted by atomic mass is 10.2. The van der Waals surface area contributed by atoms with Crippen LogP contribution in [0.1, 0.15) is 0 Å².